The summed E-state index contributed by atoms with van der Waals surface area (Å²) in [4.78, 5) is 54.2. The van der Waals surface area contributed by atoms with Gasteiger partial charge in [0.05, 0.1) is 5.41 Å². The van der Waals surface area contributed by atoms with Crippen LogP contribution in [-0.4, -0.2) is 69.9 Å². The smallest absolute Gasteiger partial charge is 0.475 e. The summed E-state index contributed by atoms with van der Waals surface area (Å²) in [6.07, 6.45) is -2.19. The summed E-state index contributed by atoms with van der Waals surface area (Å²) in [6, 6.07) is 36.8. The first kappa shape index (κ1) is 37.6. The van der Waals surface area contributed by atoms with E-state index in [4.69, 9.17) is 15.6 Å². The molecule has 0 aliphatic carbocycles. The predicted molar refractivity (Wildman–Crippen MR) is 190 cm³/mol. The van der Waals surface area contributed by atoms with E-state index in [1.807, 2.05) is 66.7 Å². The summed E-state index contributed by atoms with van der Waals surface area (Å²) in [6.45, 7) is 1.40. The van der Waals surface area contributed by atoms with Crippen molar-refractivity contribution in [3.63, 3.8) is 0 Å². The van der Waals surface area contributed by atoms with Gasteiger partial charge < -0.3 is 26.0 Å². The maximum absolute atomic E-state index is 14.5. The molecule has 2 aliphatic heterocycles. The SMILES string of the molecule is Nc1ccc(CNC(=O)[C@H]2CCCN2C(=O)[C@@H]2CCCN2C(=O)CC(c2ccccc2)(c2ccccc2)c2ccccc2)cc1.O=C(O)C(F)(F)F. The van der Waals surface area contributed by atoms with E-state index in [2.05, 4.69) is 41.7 Å². The highest BCUT2D eigenvalue weighted by Crippen LogP contribution is 2.43. The van der Waals surface area contributed by atoms with Crippen LogP contribution in [0.5, 0.6) is 0 Å². The number of aliphatic carboxylic acids is 1. The number of amides is 3. The highest BCUT2D eigenvalue weighted by atomic mass is 19.4. The van der Waals surface area contributed by atoms with Crippen LogP contribution in [0.3, 0.4) is 0 Å². The van der Waals surface area contributed by atoms with Crippen molar-refractivity contribution in [2.75, 3.05) is 18.8 Å². The molecular weight excluding hydrogens is 673 g/mol. The van der Waals surface area contributed by atoms with Crippen LogP contribution in [0.2, 0.25) is 0 Å². The van der Waals surface area contributed by atoms with Crippen molar-refractivity contribution in [2.24, 2.45) is 0 Å². The number of benzene rings is 4. The van der Waals surface area contributed by atoms with E-state index in [1.54, 1.807) is 21.9 Å². The fourth-order valence-electron chi connectivity index (χ4n) is 7.06. The fourth-order valence-corrected chi connectivity index (χ4v) is 7.06. The van der Waals surface area contributed by atoms with Gasteiger partial charge in [-0.3, -0.25) is 14.4 Å². The Hall–Kier alpha value is -5.65. The summed E-state index contributed by atoms with van der Waals surface area (Å²) in [5, 5.41) is 10.1. The van der Waals surface area contributed by atoms with Crippen molar-refractivity contribution < 1.29 is 37.5 Å². The monoisotopic (exact) mass is 714 g/mol. The molecule has 4 aromatic rings. The highest BCUT2D eigenvalue weighted by molar-refractivity contribution is 5.93. The number of carboxylic acid groups (broad SMARTS) is 1. The van der Waals surface area contributed by atoms with E-state index in [0.717, 1.165) is 35.1 Å². The van der Waals surface area contributed by atoms with Crippen molar-refractivity contribution >= 4 is 29.4 Å². The molecule has 2 heterocycles. The molecule has 0 radical (unpaired) electrons. The molecule has 0 saturated carbocycles. The number of carbonyl (C=O) groups is 4. The number of anilines is 1. The second kappa shape index (κ2) is 16.6. The van der Waals surface area contributed by atoms with Crippen molar-refractivity contribution in [1.82, 2.24) is 15.1 Å². The van der Waals surface area contributed by atoms with Crippen molar-refractivity contribution in [1.29, 1.82) is 0 Å². The van der Waals surface area contributed by atoms with E-state index in [1.165, 1.54) is 0 Å². The van der Waals surface area contributed by atoms with Crippen molar-refractivity contribution in [3.8, 4) is 0 Å². The Kier molecular flexibility index (Phi) is 12.0. The fraction of sp³-hybridized carbons (Fsp3) is 0.300. The van der Waals surface area contributed by atoms with Crippen molar-refractivity contribution in [3.05, 3.63) is 138 Å². The number of carbonyl (C=O) groups excluding carboxylic acids is 3. The van der Waals surface area contributed by atoms with E-state index in [0.29, 0.717) is 38.2 Å². The third kappa shape index (κ3) is 8.62. The minimum atomic E-state index is -5.08. The van der Waals surface area contributed by atoms with E-state index in [9.17, 15) is 27.6 Å². The third-order valence-electron chi connectivity index (χ3n) is 9.60. The van der Waals surface area contributed by atoms with Gasteiger partial charge in [0, 0.05) is 31.7 Å². The van der Waals surface area contributed by atoms with E-state index >= 15 is 0 Å². The molecule has 3 amide bonds. The van der Waals surface area contributed by atoms with Gasteiger partial charge in [-0.25, -0.2) is 4.79 Å². The van der Waals surface area contributed by atoms with Crippen LogP contribution in [0.1, 0.15) is 54.4 Å². The summed E-state index contributed by atoms with van der Waals surface area (Å²) in [5.41, 5.74) is 9.73. The van der Waals surface area contributed by atoms with Crippen LogP contribution in [0.25, 0.3) is 0 Å². The molecule has 12 heteroatoms. The number of alkyl halides is 3. The predicted octanol–water partition coefficient (Wildman–Crippen LogP) is 5.93. The Morgan fingerprint density at radius 3 is 1.60 bits per heavy atom. The molecular formula is C40H41F3N4O5. The van der Waals surface area contributed by atoms with Gasteiger partial charge in [0.1, 0.15) is 12.1 Å². The first-order valence-corrected chi connectivity index (χ1v) is 17.1. The Bertz CT molecular complexity index is 1730. The molecule has 272 valence electrons. The Morgan fingerprint density at radius 1 is 0.692 bits per heavy atom. The number of hydrogen-bond donors (Lipinski definition) is 3. The third-order valence-corrected chi connectivity index (χ3v) is 9.60. The number of likely N-dealkylation sites (tertiary alicyclic amines) is 2. The van der Waals surface area contributed by atoms with Gasteiger partial charge in [0.15, 0.2) is 0 Å². The Morgan fingerprint density at radius 2 is 1.13 bits per heavy atom. The average Bonchev–Trinajstić information content (AvgIpc) is 3.86. The van der Waals surface area contributed by atoms with Crippen LogP contribution in [0.15, 0.2) is 115 Å². The molecule has 2 saturated heterocycles. The zero-order valence-corrected chi connectivity index (χ0v) is 28.5. The number of nitrogen functional groups attached to an aromatic ring is 1. The number of nitrogens with two attached hydrogens (primary N) is 1. The number of nitrogens with zero attached hydrogens (tertiary/aromatic N) is 2. The molecule has 0 aromatic heterocycles. The summed E-state index contributed by atoms with van der Waals surface area (Å²) in [7, 11) is 0. The van der Waals surface area contributed by atoms with Gasteiger partial charge in [-0.1, -0.05) is 103 Å². The van der Waals surface area contributed by atoms with Gasteiger partial charge >= 0.3 is 12.1 Å². The molecule has 52 heavy (non-hydrogen) atoms. The van der Waals surface area contributed by atoms with Crippen LogP contribution in [-0.2, 0) is 31.1 Å². The second-order valence-electron chi connectivity index (χ2n) is 12.9. The number of carboxylic acids is 1. The lowest BCUT2D eigenvalue weighted by atomic mass is 9.67. The molecule has 4 N–H and O–H groups in total. The van der Waals surface area contributed by atoms with Crippen LogP contribution >= 0.6 is 0 Å². The van der Waals surface area contributed by atoms with Crippen LogP contribution in [0, 0.1) is 0 Å². The number of nitrogens with one attached hydrogen (secondary N) is 1. The average molecular weight is 715 g/mol. The Balaban J connectivity index is 0.000000679. The molecule has 2 aliphatic rings. The molecule has 0 bridgehead atoms. The van der Waals surface area contributed by atoms with Gasteiger partial charge in [0.25, 0.3) is 0 Å². The lowest BCUT2D eigenvalue weighted by molar-refractivity contribution is -0.192. The minimum absolute atomic E-state index is 0.0639. The molecule has 0 unspecified atom stereocenters. The minimum Gasteiger partial charge on any atom is -0.475 e. The van der Waals surface area contributed by atoms with Gasteiger partial charge in [-0.15, -0.1) is 0 Å². The maximum atomic E-state index is 14.5. The van der Waals surface area contributed by atoms with Crippen LogP contribution in [0.4, 0.5) is 18.9 Å². The van der Waals surface area contributed by atoms with E-state index in [-0.39, 0.29) is 24.1 Å². The van der Waals surface area contributed by atoms with Gasteiger partial charge in [-0.2, -0.15) is 13.2 Å². The quantitative estimate of drug-likeness (QED) is 0.146. The lowest BCUT2D eigenvalue weighted by Gasteiger charge is -2.38. The molecule has 9 nitrogen and oxygen atoms in total. The number of halogens is 3. The first-order chi connectivity index (χ1) is 24.9. The maximum Gasteiger partial charge on any atom is 0.490 e. The molecule has 4 aromatic carbocycles. The summed E-state index contributed by atoms with van der Waals surface area (Å²) < 4.78 is 31.7. The standard InChI is InChI=1S/C38H40N4O3.C2HF3O2/c39-32-22-20-28(21-23-32)27-40-36(44)33-18-10-25-42(33)37(45)34-19-11-24-41(34)35(43)26-38(29-12-4-1-5-13-29,30-14-6-2-7-15-30)31-16-8-3-9-17-31;3-2(4,5)1(6)7/h1-9,12-17,20-23,33-34H,10-11,18-19,24-27,39H2,(H,40,44);(H,6,7)/t33-,34+;/m1./s1. The summed E-state index contributed by atoms with van der Waals surface area (Å²) >= 11 is 0. The topological polar surface area (TPSA) is 133 Å². The largest absolute Gasteiger partial charge is 0.490 e. The van der Waals surface area contributed by atoms with Gasteiger partial charge in [-0.05, 0) is 60.1 Å². The molecule has 6 rings (SSSR count). The molecule has 0 spiro atoms. The highest BCUT2D eigenvalue weighted by Gasteiger charge is 2.45. The lowest BCUT2D eigenvalue weighted by Crippen LogP contribution is -2.53. The zero-order chi connectivity index (χ0) is 37.3. The van der Waals surface area contributed by atoms with Crippen LogP contribution < -0.4 is 11.1 Å². The number of rotatable bonds is 9. The second-order valence-corrected chi connectivity index (χ2v) is 12.9. The van der Waals surface area contributed by atoms with Crippen molar-refractivity contribution in [2.45, 2.75) is 62.3 Å². The van der Waals surface area contributed by atoms with E-state index < -0.39 is 29.6 Å². The first-order valence-electron chi connectivity index (χ1n) is 17.1. The zero-order valence-electron chi connectivity index (χ0n) is 28.5. The normalized spacial score (nSPS) is 17.2. The van der Waals surface area contributed by atoms with Gasteiger partial charge in [0.2, 0.25) is 17.7 Å². The Labute approximate surface area is 300 Å². The number of hydrogen-bond acceptors (Lipinski definition) is 5. The molecule has 2 fully saturated rings. The summed E-state index contributed by atoms with van der Waals surface area (Å²) in [5.74, 6) is -3.11. The molecule has 2 atom stereocenters.